The zero-order chi connectivity index (χ0) is 9.90. The van der Waals surface area contributed by atoms with Crippen LogP contribution in [0.2, 0.25) is 0 Å². The third-order valence-electron chi connectivity index (χ3n) is 2.37. The number of hydrogen-bond acceptors (Lipinski definition) is 4. The van der Waals surface area contributed by atoms with Gasteiger partial charge in [0.1, 0.15) is 0 Å². The molecule has 0 aliphatic carbocycles. The topological polar surface area (TPSA) is 48.1 Å². The van der Waals surface area contributed by atoms with Gasteiger partial charge >= 0.3 is 17.1 Å². The summed E-state index contributed by atoms with van der Waals surface area (Å²) < 4.78 is 0. The molecule has 0 bridgehead atoms. The molecule has 1 aliphatic rings. The Balaban J connectivity index is 0.00000196. The van der Waals surface area contributed by atoms with E-state index in [9.17, 15) is 0 Å². The van der Waals surface area contributed by atoms with Gasteiger partial charge in [0.15, 0.2) is 0 Å². The fraction of sp³-hybridized carbons (Fsp3) is 1.00. The molecule has 5 heteroatoms. The summed E-state index contributed by atoms with van der Waals surface area (Å²) in [5.74, 6) is 0. The summed E-state index contributed by atoms with van der Waals surface area (Å²) in [6, 6.07) is 0. The molecule has 0 saturated carbocycles. The fourth-order valence-corrected chi connectivity index (χ4v) is 1.53. The molecular formula is C10H24MnN4+2. The van der Waals surface area contributed by atoms with Gasteiger partial charge in [-0.25, -0.2) is 0 Å². The van der Waals surface area contributed by atoms with E-state index in [0.717, 1.165) is 52.4 Å². The van der Waals surface area contributed by atoms with Crippen LogP contribution in [-0.2, 0) is 17.1 Å². The molecule has 89 valence electrons. The Morgan fingerprint density at radius 2 is 0.667 bits per heavy atom. The average molecular weight is 255 g/mol. The van der Waals surface area contributed by atoms with Crippen molar-refractivity contribution in [1.29, 1.82) is 0 Å². The monoisotopic (exact) mass is 255 g/mol. The average Bonchev–Trinajstić information content (AvgIpc) is 2.22. The second-order valence-corrected chi connectivity index (χ2v) is 3.71. The van der Waals surface area contributed by atoms with Crippen LogP contribution in [0, 0.1) is 0 Å². The molecule has 4 nitrogen and oxygen atoms in total. The molecule has 1 heterocycles. The molecule has 1 radical (unpaired) electrons. The Labute approximate surface area is 104 Å². The normalized spacial score (nSPS) is 22.4. The molecule has 4 N–H and O–H groups in total. The van der Waals surface area contributed by atoms with Crippen LogP contribution in [0.5, 0.6) is 0 Å². The Morgan fingerprint density at radius 1 is 0.400 bits per heavy atom. The van der Waals surface area contributed by atoms with Crippen molar-refractivity contribution in [2.45, 2.75) is 12.8 Å². The van der Waals surface area contributed by atoms with Gasteiger partial charge < -0.3 is 21.3 Å². The molecule has 0 atom stereocenters. The summed E-state index contributed by atoms with van der Waals surface area (Å²) in [6.07, 6.45) is 2.44. The smallest absolute Gasteiger partial charge is 0.315 e. The quantitative estimate of drug-likeness (QED) is 0.425. The Morgan fingerprint density at radius 3 is 0.933 bits per heavy atom. The van der Waals surface area contributed by atoms with E-state index in [1.54, 1.807) is 0 Å². The van der Waals surface area contributed by atoms with Crippen molar-refractivity contribution in [2.75, 3.05) is 52.4 Å². The number of hydrogen-bond donors (Lipinski definition) is 4. The molecule has 1 fully saturated rings. The predicted octanol–water partition coefficient (Wildman–Crippen LogP) is -0.864. The van der Waals surface area contributed by atoms with Gasteiger partial charge in [-0.05, 0) is 39.0 Å². The second-order valence-electron chi connectivity index (χ2n) is 3.71. The minimum atomic E-state index is 0. The van der Waals surface area contributed by atoms with E-state index < -0.39 is 0 Å². The van der Waals surface area contributed by atoms with Crippen LogP contribution in [0.15, 0.2) is 0 Å². The third kappa shape index (κ3) is 10.6. The first-order valence-electron chi connectivity index (χ1n) is 5.83. The van der Waals surface area contributed by atoms with Crippen LogP contribution < -0.4 is 21.3 Å². The molecule has 1 aliphatic heterocycles. The second kappa shape index (κ2) is 12.4. The summed E-state index contributed by atoms with van der Waals surface area (Å²) >= 11 is 0. The van der Waals surface area contributed by atoms with Crippen molar-refractivity contribution in [3.05, 3.63) is 0 Å². The van der Waals surface area contributed by atoms with Gasteiger partial charge in [-0.2, -0.15) is 0 Å². The molecule has 0 unspecified atom stereocenters. The maximum atomic E-state index is 3.42. The van der Waals surface area contributed by atoms with E-state index in [2.05, 4.69) is 21.3 Å². The van der Waals surface area contributed by atoms with Crippen molar-refractivity contribution in [3.63, 3.8) is 0 Å². The van der Waals surface area contributed by atoms with Crippen LogP contribution in [0.25, 0.3) is 0 Å². The van der Waals surface area contributed by atoms with Crippen LogP contribution in [0.4, 0.5) is 0 Å². The van der Waals surface area contributed by atoms with Crippen molar-refractivity contribution in [3.8, 4) is 0 Å². The predicted molar refractivity (Wildman–Crippen MR) is 60.7 cm³/mol. The van der Waals surface area contributed by atoms with E-state index in [0.29, 0.717) is 0 Å². The van der Waals surface area contributed by atoms with Gasteiger partial charge in [-0.15, -0.1) is 0 Å². The Kier molecular flexibility index (Phi) is 12.7. The van der Waals surface area contributed by atoms with E-state index in [1.165, 1.54) is 12.8 Å². The molecule has 0 aromatic rings. The molecule has 0 aromatic carbocycles. The summed E-state index contributed by atoms with van der Waals surface area (Å²) in [5.41, 5.74) is 0. The van der Waals surface area contributed by atoms with Crippen LogP contribution in [-0.4, -0.2) is 52.4 Å². The van der Waals surface area contributed by atoms with E-state index in [4.69, 9.17) is 0 Å². The maximum Gasteiger partial charge on any atom is 2.00 e. The maximum absolute atomic E-state index is 3.42. The van der Waals surface area contributed by atoms with Crippen LogP contribution in [0.3, 0.4) is 0 Å². The summed E-state index contributed by atoms with van der Waals surface area (Å²) in [6.45, 7) is 8.87. The number of nitrogens with one attached hydrogen (secondary N) is 4. The van der Waals surface area contributed by atoms with Crippen molar-refractivity contribution >= 4 is 0 Å². The summed E-state index contributed by atoms with van der Waals surface area (Å²) in [7, 11) is 0. The molecule has 1 rings (SSSR count). The van der Waals surface area contributed by atoms with Gasteiger partial charge in [0.2, 0.25) is 0 Å². The largest absolute Gasteiger partial charge is 2.00 e. The van der Waals surface area contributed by atoms with Crippen molar-refractivity contribution < 1.29 is 17.1 Å². The van der Waals surface area contributed by atoms with Crippen LogP contribution in [0.1, 0.15) is 12.8 Å². The number of rotatable bonds is 0. The molecular weight excluding hydrogens is 231 g/mol. The molecule has 0 spiro atoms. The van der Waals surface area contributed by atoms with Crippen LogP contribution >= 0.6 is 0 Å². The molecule has 0 aromatic heterocycles. The third-order valence-corrected chi connectivity index (χ3v) is 2.37. The summed E-state index contributed by atoms with van der Waals surface area (Å²) in [4.78, 5) is 0. The first kappa shape index (κ1) is 15.4. The Hall–Kier alpha value is 0.359. The van der Waals surface area contributed by atoms with Crippen molar-refractivity contribution in [1.82, 2.24) is 21.3 Å². The minimum Gasteiger partial charge on any atom is -0.315 e. The van der Waals surface area contributed by atoms with Gasteiger partial charge in [0.05, 0.1) is 0 Å². The van der Waals surface area contributed by atoms with E-state index in [1.807, 2.05) is 0 Å². The first-order valence-corrected chi connectivity index (χ1v) is 5.83. The van der Waals surface area contributed by atoms with Gasteiger partial charge in [-0.1, -0.05) is 0 Å². The molecule has 1 saturated heterocycles. The zero-order valence-electron chi connectivity index (χ0n) is 9.45. The van der Waals surface area contributed by atoms with Gasteiger partial charge in [-0.3, -0.25) is 0 Å². The minimum absolute atomic E-state index is 0. The SMILES string of the molecule is C1CNCCNCCCNCCNC1.[Mn+2]. The fourth-order valence-electron chi connectivity index (χ4n) is 1.53. The van der Waals surface area contributed by atoms with Gasteiger partial charge in [0.25, 0.3) is 0 Å². The standard InChI is InChI=1S/C10H24N4.Mn/c1-3-11-7-9-13-5-2-6-14-10-8-12-4-1;/h11-14H,1-10H2;/q;+2. The van der Waals surface area contributed by atoms with E-state index in [-0.39, 0.29) is 17.1 Å². The van der Waals surface area contributed by atoms with E-state index >= 15 is 0 Å². The first-order chi connectivity index (χ1) is 7.00. The van der Waals surface area contributed by atoms with Crippen molar-refractivity contribution in [2.24, 2.45) is 0 Å². The zero-order valence-corrected chi connectivity index (χ0v) is 10.6. The molecule has 0 amide bonds. The summed E-state index contributed by atoms with van der Waals surface area (Å²) in [5, 5.41) is 13.7. The van der Waals surface area contributed by atoms with Gasteiger partial charge in [0, 0.05) is 26.2 Å². The molecule has 15 heavy (non-hydrogen) atoms. The Bertz CT molecular complexity index is 70.7.